The van der Waals surface area contributed by atoms with Crippen molar-refractivity contribution in [3.8, 4) is 5.75 Å². The fourth-order valence-electron chi connectivity index (χ4n) is 2.14. The molecule has 0 spiro atoms. The summed E-state index contributed by atoms with van der Waals surface area (Å²) in [7, 11) is 0. The van der Waals surface area contributed by atoms with Crippen molar-refractivity contribution in [2.75, 3.05) is 6.61 Å². The fourth-order valence-corrected chi connectivity index (χ4v) is 2.14. The van der Waals surface area contributed by atoms with Crippen LogP contribution in [0.5, 0.6) is 5.75 Å². The van der Waals surface area contributed by atoms with Crippen molar-refractivity contribution in [3.05, 3.63) is 41.6 Å². The van der Waals surface area contributed by atoms with Crippen LogP contribution in [-0.2, 0) is 6.54 Å². The van der Waals surface area contributed by atoms with Gasteiger partial charge in [-0.3, -0.25) is 0 Å². The average molecular weight is 259 g/mol. The average Bonchev–Trinajstić information content (AvgIpc) is 3.02. The molecule has 2 aromatic rings. The summed E-state index contributed by atoms with van der Waals surface area (Å²) in [6.45, 7) is 5.33. The summed E-state index contributed by atoms with van der Waals surface area (Å²) in [4.78, 5) is 0. The second-order valence-electron chi connectivity index (χ2n) is 4.97. The monoisotopic (exact) mass is 259 g/mol. The van der Waals surface area contributed by atoms with Crippen molar-refractivity contribution >= 4 is 0 Å². The molecule has 2 heterocycles. The molecular formula is C14H17N3O2. The first-order valence-corrected chi connectivity index (χ1v) is 6.51. The van der Waals surface area contributed by atoms with Crippen LogP contribution in [0.1, 0.15) is 37.1 Å². The Hall–Kier alpha value is -1.88. The van der Waals surface area contributed by atoms with Gasteiger partial charge in [-0.15, -0.1) is 10.2 Å². The van der Waals surface area contributed by atoms with Gasteiger partial charge < -0.3 is 14.5 Å². The van der Waals surface area contributed by atoms with E-state index in [0.29, 0.717) is 31.0 Å². The molecule has 5 nitrogen and oxygen atoms in total. The standard InChI is InChI=1S/C14H17N3O2/c1-9(2)15-7-13-16-17-14(19-13)11-8-18-12-6-4-3-5-10(11)12/h3-6,9,11,15H,7-8H2,1-2H3. The highest BCUT2D eigenvalue weighted by molar-refractivity contribution is 5.42. The lowest BCUT2D eigenvalue weighted by atomic mass is 10.0. The lowest BCUT2D eigenvalue weighted by Gasteiger charge is -2.04. The maximum Gasteiger partial charge on any atom is 0.230 e. The number of nitrogens with zero attached hydrogens (tertiary/aromatic N) is 2. The van der Waals surface area contributed by atoms with Crippen LogP contribution in [0, 0.1) is 0 Å². The van der Waals surface area contributed by atoms with Crippen molar-refractivity contribution in [3.63, 3.8) is 0 Å². The van der Waals surface area contributed by atoms with Gasteiger partial charge in [-0.1, -0.05) is 32.0 Å². The van der Waals surface area contributed by atoms with Gasteiger partial charge in [0.15, 0.2) is 0 Å². The summed E-state index contributed by atoms with van der Waals surface area (Å²) in [6, 6.07) is 8.37. The van der Waals surface area contributed by atoms with Gasteiger partial charge >= 0.3 is 0 Å². The third-order valence-corrected chi connectivity index (χ3v) is 3.14. The van der Waals surface area contributed by atoms with Crippen molar-refractivity contribution in [2.45, 2.75) is 32.4 Å². The first-order valence-electron chi connectivity index (χ1n) is 6.51. The van der Waals surface area contributed by atoms with Crippen molar-refractivity contribution < 1.29 is 9.15 Å². The number of nitrogens with one attached hydrogen (secondary N) is 1. The molecule has 0 radical (unpaired) electrons. The van der Waals surface area contributed by atoms with Gasteiger partial charge in [-0.25, -0.2) is 0 Å². The smallest absolute Gasteiger partial charge is 0.230 e. The molecule has 0 amide bonds. The SMILES string of the molecule is CC(C)NCc1nnc(C2COc3ccccc32)o1. The van der Waals surface area contributed by atoms with E-state index < -0.39 is 0 Å². The zero-order valence-corrected chi connectivity index (χ0v) is 11.1. The molecule has 1 aromatic carbocycles. The van der Waals surface area contributed by atoms with E-state index in [1.54, 1.807) is 0 Å². The molecule has 5 heteroatoms. The molecule has 0 aliphatic carbocycles. The summed E-state index contributed by atoms with van der Waals surface area (Å²) in [5.74, 6) is 2.21. The number of hydrogen-bond donors (Lipinski definition) is 1. The normalized spacial score (nSPS) is 17.5. The lowest BCUT2D eigenvalue weighted by Crippen LogP contribution is -2.21. The molecule has 1 aromatic heterocycles. The molecule has 0 saturated carbocycles. The quantitative estimate of drug-likeness (QED) is 0.911. The minimum Gasteiger partial charge on any atom is -0.492 e. The van der Waals surface area contributed by atoms with Crippen LogP contribution < -0.4 is 10.1 Å². The molecule has 1 unspecified atom stereocenters. The van der Waals surface area contributed by atoms with Gasteiger partial charge in [0.25, 0.3) is 0 Å². The van der Waals surface area contributed by atoms with Crippen LogP contribution in [0.15, 0.2) is 28.7 Å². The summed E-state index contributed by atoms with van der Waals surface area (Å²) >= 11 is 0. The second-order valence-corrected chi connectivity index (χ2v) is 4.97. The zero-order valence-electron chi connectivity index (χ0n) is 11.1. The van der Waals surface area contributed by atoms with Crippen LogP contribution >= 0.6 is 0 Å². The van der Waals surface area contributed by atoms with E-state index in [1.165, 1.54) is 0 Å². The Morgan fingerprint density at radius 1 is 1.32 bits per heavy atom. The number of benzene rings is 1. The third kappa shape index (κ3) is 2.46. The number of rotatable bonds is 4. The van der Waals surface area contributed by atoms with Crippen LogP contribution in [0.2, 0.25) is 0 Å². The Kier molecular flexibility index (Phi) is 3.21. The number of para-hydroxylation sites is 1. The summed E-state index contributed by atoms with van der Waals surface area (Å²) in [5.41, 5.74) is 1.12. The minimum absolute atomic E-state index is 0.0523. The van der Waals surface area contributed by atoms with E-state index in [-0.39, 0.29) is 5.92 Å². The maximum absolute atomic E-state index is 5.71. The van der Waals surface area contributed by atoms with Crippen LogP contribution in [0.4, 0.5) is 0 Å². The van der Waals surface area contributed by atoms with Gasteiger partial charge in [0.1, 0.15) is 12.4 Å². The lowest BCUT2D eigenvalue weighted by molar-refractivity contribution is 0.319. The van der Waals surface area contributed by atoms with Crippen molar-refractivity contribution in [1.29, 1.82) is 0 Å². The van der Waals surface area contributed by atoms with Crippen LogP contribution in [0.25, 0.3) is 0 Å². The fraction of sp³-hybridized carbons (Fsp3) is 0.429. The molecule has 0 fully saturated rings. The first kappa shape index (κ1) is 12.2. The summed E-state index contributed by atoms with van der Waals surface area (Å²) < 4.78 is 11.3. The molecule has 1 N–H and O–H groups in total. The Labute approximate surface area is 112 Å². The third-order valence-electron chi connectivity index (χ3n) is 3.14. The number of hydrogen-bond acceptors (Lipinski definition) is 5. The summed E-state index contributed by atoms with van der Waals surface area (Å²) in [6.07, 6.45) is 0. The molecule has 19 heavy (non-hydrogen) atoms. The predicted octanol–water partition coefficient (Wildman–Crippen LogP) is 2.09. The molecule has 1 aliphatic rings. The van der Waals surface area contributed by atoms with Crippen LogP contribution in [-0.4, -0.2) is 22.8 Å². The molecular weight excluding hydrogens is 242 g/mol. The van der Waals surface area contributed by atoms with E-state index in [1.807, 2.05) is 24.3 Å². The van der Waals surface area contributed by atoms with E-state index in [0.717, 1.165) is 11.3 Å². The highest BCUT2D eigenvalue weighted by atomic mass is 16.5. The molecule has 3 rings (SSSR count). The van der Waals surface area contributed by atoms with Crippen molar-refractivity contribution in [1.82, 2.24) is 15.5 Å². The Balaban J connectivity index is 1.77. The highest BCUT2D eigenvalue weighted by Gasteiger charge is 2.29. The Morgan fingerprint density at radius 2 is 2.16 bits per heavy atom. The Morgan fingerprint density at radius 3 is 3.00 bits per heavy atom. The molecule has 1 aliphatic heterocycles. The van der Waals surface area contributed by atoms with Gasteiger partial charge in [0, 0.05) is 11.6 Å². The van der Waals surface area contributed by atoms with Gasteiger partial charge in [-0.2, -0.15) is 0 Å². The highest BCUT2D eigenvalue weighted by Crippen LogP contribution is 2.37. The van der Waals surface area contributed by atoms with E-state index >= 15 is 0 Å². The maximum atomic E-state index is 5.71. The topological polar surface area (TPSA) is 60.2 Å². The van der Waals surface area contributed by atoms with Crippen molar-refractivity contribution in [2.24, 2.45) is 0 Å². The first-order chi connectivity index (χ1) is 9.24. The van der Waals surface area contributed by atoms with E-state index in [2.05, 4.69) is 29.4 Å². The molecule has 0 saturated heterocycles. The number of aromatic nitrogens is 2. The minimum atomic E-state index is 0.0523. The number of ether oxygens (including phenoxy) is 1. The molecule has 100 valence electrons. The van der Waals surface area contributed by atoms with E-state index in [4.69, 9.17) is 9.15 Å². The largest absolute Gasteiger partial charge is 0.492 e. The summed E-state index contributed by atoms with van der Waals surface area (Å²) in [5, 5.41) is 11.5. The second kappa shape index (κ2) is 5.01. The Bertz CT molecular complexity index is 565. The number of fused-ring (bicyclic) bond motifs is 1. The van der Waals surface area contributed by atoms with Gasteiger partial charge in [-0.05, 0) is 6.07 Å². The van der Waals surface area contributed by atoms with E-state index in [9.17, 15) is 0 Å². The molecule has 0 bridgehead atoms. The molecule has 1 atom stereocenters. The predicted molar refractivity (Wildman–Crippen MR) is 70.1 cm³/mol. The van der Waals surface area contributed by atoms with Gasteiger partial charge in [0.2, 0.25) is 11.8 Å². The van der Waals surface area contributed by atoms with Crippen LogP contribution in [0.3, 0.4) is 0 Å². The van der Waals surface area contributed by atoms with Gasteiger partial charge in [0.05, 0.1) is 12.5 Å². The zero-order chi connectivity index (χ0) is 13.2.